The highest BCUT2D eigenvalue weighted by Gasteiger charge is 2.50. The van der Waals surface area contributed by atoms with Crippen LogP contribution in [0, 0.1) is 23.4 Å². The lowest BCUT2D eigenvalue weighted by Crippen LogP contribution is -2.07. The normalized spacial score (nSPS) is 22.3. The van der Waals surface area contributed by atoms with Gasteiger partial charge in [0.25, 0.3) is 0 Å². The number of hydrogen-bond acceptors (Lipinski definition) is 2. The van der Waals surface area contributed by atoms with Crippen LogP contribution in [0.3, 0.4) is 0 Å². The molecule has 0 aliphatic heterocycles. The van der Waals surface area contributed by atoms with Crippen molar-refractivity contribution in [1.82, 2.24) is 0 Å². The topological polar surface area (TPSA) is 24.1 Å². The van der Waals surface area contributed by atoms with Gasteiger partial charge >= 0.3 is 0 Å². The van der Waals surface area contributed by atoms with Crippen LogP contribution in [-0.4, -0.2) is 11.9 Å². The highest BCUT2D eigenvalue weighted by atomic mass is 35.5. The molecule has 1 fully saturated rings. The van der Waals surface area contributed by atoms with E-state index in [0.717, 1.165) is 18.2 Å². The van der Waals surface area contributed by atoms with Gasteiger partial charge in [0.2, 0.25) is 0 Å². The summed E-state index contributed by atoms with van der Waals surface area (Å²) >= 11 is 6.34. The van der Waals surface area contributed by atoms with Crippen LogP contribution in [0.25, 0.3) is 11.1 Å². The second-order valence-electron chi connectivity index (χ2n) is 6.66. The largest absolute Gasteiger partial charge is 0.386 e. The van der Waals surface area contributed by atoms with E-state index < -0.39 is 17.5 Å². The zero-order chi connectivity index (χ0) is 19.1. The van der Waals surface area contributed by atoms with Crippen molar-refractivity contribution in [1.29, 1.82) is 0 Å². The molecule has 2 N–H and O–H groups in total. The monoisotopic (exact) mass is 380 g/mol. The molecular formula is C20H20ClF3N2. The average Bonchev–Trinajstić information content (AvgIpc) is 3.23. The molecule has 0 spiro atoms. The quantitative estimate of drug-likeness (QED) is 0.608. The Hall–Kier alpha value is -2.14. The van der Waals surface area contributed by atoms with Gasteiger partial charge in [-0.25, -0.2) is 13.2 Å². The molecule has 0 saturated heterocycles. The van der Waals surface area contributed by atoms with Gasteiger partial charge in [-0.1, -0.05) is 6.08 Å². The van der Waals surface area contributed by atoms with Gasteiger partial charge in [0.1, 0.15) is 17.5 Å². The summed E-state index contributed by atoms with van der Waals surface area (Å²) in [5.41, 5.74) is 1.71. The van der Waals surface area contributed by atoms with Crippen LogP contribution < -0.4 is 10.6 Å². The van der Waals surface area contributed by atoms with Crippen molar-refractivity contribution < 1.29 is 13.2 Å². The van der Waals surface area contributed by atoms with Crippen LogP contribution in [0.4, 0.5) is 24.5 Å². The van der Waals surface area contributed by atoms with Crippen molar-refractivity contribution in [3.63, 3.8) is 0 Å². The minimum absolute atomic E-state index is 0.00692. The van der Waals surface area contributed by atoms with Crippen molar-refractivity contribution >= 4 is 23.0 Å². The van der Waals surface area contributed by atoms with Gasteiger partial charge in [0, 0.05) is 41.5 Å². The van der Waals surface area contributed by atoms with E-state index in [9.17, 15) is 13.2 Å². The van der Waals surface area contributed by atoms with E-state index in [0.29, 0.717) is 5.69 Å². The van der Waals surface area contributed by atoms with E-state index in [2.05, 4.69) is 10.6 Å². The summed E-state index contributed by atoms with van der Waals surface area (Å²) in [5.74, 6) is -1.94. The molecule has 0 amide bonds. The molecule has 2 atom stereocenters. The first-order chi connectivity index (χ1) is 12.3. The van der Waals surface area contributed by atoms with Crippen molar-refractivity contribution in [3.8, 4) is 11.1 Å². The van der Waals surface area contributed by atoms with Crippen molar-refractivity contribution in [3.05, 3.63) is 59.6 Å². The predicted molar refractivity (Wildman–Crippen MR) is 101 cm³/mol. The Bertz CT molecular complexity index is 878. The SMILES string of the molecule is C/C=C(/Nc1ccc(F)c(-c2cc(NC)c(F)cc2F)c1)C1CC1(C)Cl. The molecule has 138 valence electrons. The summed E-state index contributed by atoms with van der Waals surface area (Å²) < 4.78 is 42.3. The fourth-order valence-corrected chi connectivity index (χ4v) is 3.33. The van der Waals surface area contributed by atoms with Gasteiger partial charge in [-0.3, -0.25) is 0 Å². The molecule has 0 bridgehead atoms. The molecule has 2 nitrogen and oxygen atoms in total. The molecule has 0 aromatic heterocycles. The third-order valence-corrected chi connectivity index (χ3v) is 5.15. The number of hydrogen-bond donors (Lipinski definition) is 2. The summed E-state index contributed by atoms with van der Waals surface area (Å²) in [6.45, 7) is 3.87. The van der Waals surface area contributed by atoms with Crippen LogP contribution in [0.5, 0.6) is 0 Å². The molecule has 26 heavy (non-hydrogen) atoms. The standard InChI is InChI=1S/C20H20ClF3N2/c1-4-18(14-10-20(14,2)21)26-11-5-6-15(22)12(7-11)13-8-19(25-3)17(24)9-16(13)23/h4-9,14,25-26H,10H2,1-3H3/b18-4+. The summed E-state index contributed by atoms with van der Waals surface area (Å²) in [5, 5.41) is 5.88. The Kier molecular flexibility index (Phi) is 4.93. The minimum Gasteiger partial charge on any atom is -0.386 e. The molecule has 2 aromatic rings. The molecule has 3 rings (SSSR count). The van der Waals surface area contributed by atoms with E-state index in [1.54, 1.807) is 6.07 Å². The van der Waals surface area contributed by atoms with Gasteiger partial charge in [0.05, 0.1) is 10.6 Å². The number of halogens is 4. The second-order valence-corrected chi connectivity index (χ2v) is 7.52. The number of rotatable bonds is 5. The Morgan fingerprint density at radius 1 is 1.12 bits per heavy atom. The lowest BCUT2D eigenvalue weighted by atomic mass is 10.0. The van der Waals surface area contributed by atoms with Gasteiger partial charge in [-0.15, -0.1) is 11.6 Å². The van der Waals surface area contributed by atoms with Crippen molar-refractivity contribution in [2.45, 2.75) is 25.1 Å². The number of allylic oxidation sites excluding steroid dienone is 2. The molecule has 1 aliphatic rings. The first kappa shape index (κ1) is 18.6. The predicted octanol–water partition coefficient (Wildman–Crippen LogP) is 6.15. The third-order valence-electron chi connectivity index (χ3n) is 4.73. The van der Waals surface area contributed by atoms with E-state index in [1.165, 1.54) is 25.2 Å². The van der Waals surface area contributed by atoms with Crippen LogP contribution in [0.2, 0.25) is 0 Å². The molecule has 6 heteroatoms. The van der Waals surface area contributed by atoms with Gasteiger partial charge in [-0.2, -0.15) is 0 Å². The van der Waals surface area contributed by atoms with E-state index in [1.807, 2.05) is 19.9 Å². The zero-order valence-electron chi connectivity index (χ0n) is 14.8. The zero-order valence-corrected chi connectivity index (χ0v) is 15.5. The lowest BCUT2D eigenvalue weighted by Gasteiger charge is -2.14. The van der Waals surface area contributed by atoms with Crippen molar-refractivity contribution in [2.24, 2.45) is 5.92 Å². The van der Waals surface area contributed by atoms with Crippen LogP contribution >= 0.6 is 11.6 Å². The fourth-order valence-electron chi connectivity index (χ4n) is 3.06. The Morgan fingerprint density at radius 2 is 1.77 bits per heavy atom. The maximum Gasteiger partial charge on any atom is 0.149 e. The highest BCUT2D eigenvalue weighted by molar-refractivity contribution is 6.26. The molecule has 0 radical (unpaired) electrons. The second kappa shape index (κ2) is 6.88. The summed E-state index contributed by atoms with van der Waals surface area (Å²) in [6.07, 6.45) is 2.78. The third kappa shape index (κ3) is 3.54. The summed E-state index contributed by atoms with van der Waals surface area (Å²) in [7, 11) is 1.52. The smallest absolute Gasteiger partial charge is 0.149 e. The fraction of sp³-hybridized carbons (Fsp3) is 0.300. The molecule has 0 heterocycles. The minimum atomic E-state index is -0.820. The Labute approximate surface area is 156 Å². The number of alkyl halides is 1. The Morgan fingerprint density at radius 3 is 2.35 bits per heavy atom. The first-order valence-corrected chi connectivity index (χ1v) is 8.73. The Balaban J connectivity index is 1.96. The number of nitrogens with one attached hydrogen (secondary N) is 2. The van der Waals surface area contributed by atoms with Crippen LogP contribution in [-0.2, 0) is 0 Å². The highest BCUT2D eigenvalue weighted by Crippen LogP contribution is 2.53. The van der Waals surface area contributed by atoms with Gasteiger partial charge in [-0.05, 0) is 44.5 Å². The molecule has 1 saturated carbocycles. The lowest BCUT2D eigenvalue weighted by molar-refractivity contribution is 0.585. The van der Waals surface area contributed by atoms with Gasteiger partial charge < -0.3 is 10.6 Å². The summed E-state index contributed by atoms with van der Waals surface area (Å²) in [6, 6.07) is 6.38. The summed E-state index contributed by atoms with van der Waals surface area (Å²) in [4.78, 5) is -0.275. The maximum absolute atomic E-state index is 14.3. The van der Waals surface area contributed by atoms with E-state index in [4.69, 9.17) is 11.6 Å². The molecule has 2 aromatic carbocycles. The molecular weight excluding hydrogens is 361 g/mol. The van der Waals surface area contributed by atoms with Crippen LogP contribution in [0.15, 0.2) is 42.1 Å². The maximum atomic E-state index is 14.3. The van der Waals surface area contributed by atoms with Gasteiger partial charge in [0.15, 0.2) is 0 Å². The van der Waals surface area contributed by atoms with Crippen LogP contribution in [0.1, 0.15) is 20.3 Å². The van der Waals surface area contributed by atoms with E-state index >= 15 is 0 Å². The first-order valence-electron chi connectivity index (χ1n) is 8.35. The van der Waals surface area contributed by atoms with Crippen molar-refractivity contribution in [2.75, 3.05) is 17.7 Å². The number of benzene rings is 2. The average molecular weight is 381 g/mol. The number of anilines is 2. The molecule has 1 aliphatic carbocycles. The van der Waals surface area contributed by atoms with E-state index in [-0.39, 0.29) is 27.6 Å². The molecule has 2 unspecified atom stereocenters.